The molecule has 1 fully saturated rings. The third kappa shape index (κ3) is 6.52. The Morgan fingerprint density at radius 2 is 1.49 bits per heavy atom. The minimum absolute atomic E-state index is 0.0811. The zero-order valence-corrected chi connectivity index (χ0v) is 21.0. The van der Waals surface area contributed by atoms with Crippen LogP contribution in [0.5, 0.6) is 11.5 Å². The molecule has 4 nitrogen and oxygen atoms in total. The van der Waals surface area contributed by atoms with E-state index in [2.05, 4.69) is 24.0 Å². The minimum Gasteiger partial charge on any atom is -0.497 e. The molecular formula is C31H37NO3. The number of carbonyl (C=O) groups excluding carboxylic acids is 1. The summed E-state index contributed by atoms with van der Waals surface area (Å²) < 4.78 is 11.3. The molecule has 0 aromatic heterocycles. The van der Waals surface area contributed by atoms with Crippen molar-refractivity contribution in [1.29, 1.82) is 0 Å². The molecule has 1 saturated heterocycles. The number of rotatable bonds is 11. The number of Topliss-reactive ketones (excluding diaryl/α,β-unsaturated/α-hetero) is 1. The van der Waals surface area contributed by atoms with Gasteiger partial charge < -0.3 is 9.47 Å². The molecule has 0 bridgehead atoms. The van der Waals surface area contributed by atoms with Crippen LogP contribution in [0.4, 0.5) is 0 Å². The van der Waals surface area contributed by atoms with Gasteiger partial charge in [-0.05, 0) is 85.8 Å². The fourth-order valence-electron chi connectivity index (χ4n) is 5.11. The number of nitrogens with zero attached hydrogens (tertiary/aromatic N) is 1. The summed E-state index contributed by atoms with van der Waals surface area (Å²) in [4.78, 5) is 16.4. The van der Waals surface area contributed by atoms with Crippen LogP contribution >= 0.6 is 0 Å². The Morgan fingerprint density at radius 1 is 0.829 bits per heavy atom. The van der Waals surface area contributed by atoms with Gasteiger partial charge in [-0.15, -0.1) is 0 Å². The standard InChI is InChI=1S/C31H37NO3/c1-3-29(24-10-6-4-7-11-24)30(25-12-16-27(34-2)17-13-25)31(33)26-14-18-28(19-15-26)35-23-22-32-20-8-5-9-21-32/h4,6-7,10-19,29-30H,3,5,8-9,20-23H2,1-2H3. The van der Waals surface area contributed by atoms with Gasteiger partial charge in [0.1, 0.15) is 18.1 Å². The highest BCUT2D eigenvalue weighted by Crippen LogP contribution is 2.38. The van der Waals surface area contributed by atoms with Crippen LogP contribution in [-0.4, -0.2) is 44.0 Å². The van der Waals surface area contributed by atoms with Gasteiger partial charge in [-0.1, -0.05) is 55.8 Å². The predicted octanol–water partition coefficient (Wildman–Crippen LogP) is 6.72. The van der Waals surface area contributed by atoms with Crippen LogP contribution in [-0.2, 0) is 0 Å². The molecule has 0 amide bonds. The quantitative estimate of drug-likeness (QED) is 0.291. The number of benzene rings is 3. The van der Waals surface area contributed by atoms with E-state index in [4.69, 9.17) is 9.47 Å². The SMILES string of the molecule is CCC(c1ccccc1)C(C(=O)c1ccc(OCCN2CCCCC2)cc1)c1ccc(OC)cc1. The van der Waals surface area contributed by atoms with Gasteiger partial charge in [0.05, 0.1) is 13.0 Å². The summed E-state index contributed by atoms with van der Waals surface area (Å²) in [6.45, 7) is 6.12. The molecule has 2 unspecified atom stereocenters. The maximum atomic E-state index is 13.9. The van der Waals surface area contributed by atoms with Gasteiger partial charge in [0.2, 0.25) is 0 Å². The maximum absolute atomic E-state index is 13.9. The van der Waals surface area contributed by atoms with Crippen LogP contribution in [0.2, 0.25) is 0 Å². The van der Waals surface area contributed by atoms with Crippen molar-refractivity contribution in [2.45, 2.75) is 44.4 Å². The highest BCUT2D eigenvalue weighted by atomic mass is 16.5. The van der Waals surface area contributed by atoms with Gasteiger partial charge in [-0.2, -0.15) is 0 Å². The van der Waals surface area contributed by atoms with E-state index in [9.17, 15) is 4.79 Å². The average Bonchev–Trinajstić information content (AvgIpc) is 2.93. The molecule has 0 saturated carbocycles. The Hall–Kier alpha value is -3.11. The second-order valence-corrected chi connectivity index (χ2v) is 9.32. The van der Waals surface area contributed by atoms with Gasteiger partial charge in [0, 0.05) is 12.1 Å². The highest BCUT2D eigenvalue weighted by Gasteiger charge is 2.31. The lowest BCUT2D eigenvalue weighted by atomic mass is 9.76. The molecule has 1 heterocycles. The minimum atomic E-state index is -0.279. The fourth-order valence-corrected chi connectivity index (χ4v) is 5.11. The monoisotopic (exact) mass is 471 g/mol. The number of piperidine rings is 1. The Kier molecular flexibility index (Phi) is 8.96. The van der Waals surface area contributed by atoms with E-state index >= 15 is 0 Å². The van der Waals surface area contributed by atoms with Crippen molar-refractivity contribution in [3.63, 3.8) is 0 Å². The topological polar surface area (TPSA) is 38.8 Å². The molecule has 4 heteroatoms. The molecule has 35 heavy (non-hydrogen) atoms. The number of ether oxygens (including phenoxy) is 2. The van der Waals surface area contributed by atoms with Crippen LogP contribution in [0.1, 0.15) is 65.9 Å². The third-order valence-electron chi connectivity index (χ3n) is 7.09. The molecule has 184 valence electrons. The number of hydrogen-bond acceptors (Lipinski definition) is 4. The number of likely N-dealkylation sites (tertiary alicyclic amines) is 1. The molecular weight excluding hydrogens is 434 g/mol. The number of hydrogen-bond donors (Lipinski definition) is 0. The zero-order chi connectivity index (χ0) is 24.5. The Bertz CT molecular complexity index is 1040. The molecule has 3 aromatic carbocycles. The summed E-state index contributed by atoms with van der Waals surface area (Å²) >= 11 is 0. The van der Waals surface area contributed by atoms with Crippen molar-refractivity contribution in [2.75, 3.05) is 33.4 Å². The Labute approximate surface area is 209 Å². The summed E-state index contributed by atoms with van der Waals surface area (Å²) in [6.07, 6.45) is 4.78. The smallest absolute Gasteiger partial charge is 0.170 e. The first-order valence-electron chi connectivity index (χ1n) is 12.9. The Morgan fingerprint density at radius 3 is 2.11 bits per heavy atom. The van der Waals surface area contributed by atoms with E-state index in [-0.39, 0.29) is 17.6 Å². The van der Waals surface area contributed by atoms with Gasteiger partial charge in [-0.3, -0.25) is 9.69 Å². The lowest BCUT2D eigenvalue weighted by Crippen LogP contribution is -2.33. The summed E-state index contributed by atoms with van der Waals surface area (Å²) in [5.41, 5.74) is 2.90. The van der Waals surface area contributed by atoms with Crippen molar-refractivity contribution in [1.82, 2.24) is 4.90 Å². The van der Waals surface area contributed by atoms with Crippen molar-refractivity contribution in [3.8, 4) is 11.5 Å². The van der Waals surface area contributed by atoms with Gasteiger partial charge in [0.25, 0.3) is 0 Å². The maximum Gasteiger partial charge on any atom is 0.170 e. The second kappa shape index (κ2) is 12.6. The highest BCUT2D eigenvalue weighted by molar-refractivity contribution is 6.01. The lowest BCUT2D eigenvalue weighted by Gasteiger charge is -2.27. The lowest BCUT2D eigenvalue weighted by molar-refractivity contribution is 0.0945. The van der Waals surface area contributed by atoms with Crippen LogP contribution in [0.15, 0.2) is 78.9 Å². The van der Waals surface area contributed by atoms with Crippen molar-refractivity contribution < 1.29 is 14.3 Å². The first-order valence-corrected chi connectivity index (χ1v) is 12.9. The first-order chi connectivity index (χ1) is 17.2. The largest absolute Gasteiger partial charge is 0.497 e. The number of methoxy groups -OCH3 is 1. The van der Waals surface area contributed by atoms with Crippen LogP contribution in [0.25, 0.3) is 0 Å². The normalized spacial score (nSPS) is 15.8. The molecule has 0 radical (unpaired) electrons. The summed E-state index contributed by atoms with van der Waals surface area (Å²) in [7, 11) is 1.66. The van der Waals surface area contributed by atoms with Crippen LogP contribution in [0.3, 0.4) is 0 Å². The molecule has 0 N–H and O–H groups in total. The molecule has 0 aliphatic carbocycles. The van der Waals surface area contributed by atoms with Gasteiger partial charge in [-0.25, -0.2) is 0 Å². The third-order valence-corrected chi connectivity index (χ3v) is 7.09. The van der Waals surface area contributed by atoms with Crippen LogP contribution < -0.4 is 9.47 Å². The Balaban J connectivity index is 1.51. The van der Waals surface area contributed by atoms with Crippen molar-refractivity contribution >= 4 is 5.78 Å². The predicted molar refractivity (Wildman–Crippen MR) is 142 cm³/mol. The summed E-state index contributed by atoms with van der Waals surface area (Å²) in [5, 5.41) is 0. The van der Waals surface area contributed by atoms with Crippen molar-refractivity contribution in [2.24, 2.45) is 0 Å². The molecule has 1 aliphatic heterocycles. The second-order valence-electron chi connectivity index (χ2n) is 9.32. The number of ketones is 1. The molecule has 2 atom stereocenters. The zero-order valence-electron chi connectivity index (χ0n) is 21.0. The van der Waals surface area contributed by atoms with E-state index in [1.165, 1.54) is 37.9 Å². The molecule has 4 rings (SSSR count). The first kappa shape index (κ1) is 25.0. The van der Waals surface area contributed by atoms with E-state index in [0.717, 1.165) is 30.0 Å². The fraction of sp³-hybridized carbons (Fsp3) is 0.387. The van der Waals surface area contributed by atoms with E-state index in [1.807, 2.05) is 66.7 Å². The molecule has 3 aromatic rings. The van der Waals surface area contributed by atoms with E-state index in [0.29, 0.717) is 12.2 Å². The van der Waals surface area contributed by atoms with Gasteiger partial charge in [0.15, 0.2) is 5.78 Å². The molecule has 1 aliphatic rings. The summed E-state index contributed by atoms with van der Waals surface area (Å²) in [5.74, 6) is 1.54. The summed E-state index contributed by atoms with van der Waals surface area (Å²) in [6, 6.07) is 25.9. The van der Waals surface area contributed by atoms with E-state index < -0.39 is 0 Å². The van der Waals surface area contributed by atoms with Crippen LogP contribution in [0, 0.1) is 0 Å². The van der Waals surface area contributed by atoms with Crippen molar-refractivity contribution in [3.05, 3.63) is 95.6 Å². The molecule has 0 spiro atoms. The van der Waals surface area contributed by atoms with E-state index in [1.54, 1.807) is 7.11 Å². The average molecular weight is 472 g/mol. The van der Waals surface area contributed by atoms with Gasteiger partial charge >= 0.3 is 0 Å². The number of carbonyl (C=O) groups is 1.